The van der Waals surface area contributed by atoms with Gasteiger partial charge in [-0.2, -0.15) is 0 Å². The highest BCUT2D eigenvalue weighted by Gasteiger charge is 2.11. The number of carbonyl (C=O) groups excluding carboxylic acids is 1. The fourth-order valence-electron chi connectivity index (χ4n) is 0.955. The third-order valence-electron chi connectivity index (χ3n) is 1.62. The van der Waals surface area contributed by atoms with Crippen LogP contribution in [0.2, 0.25) is 0 Å². The predicted octanol–water partition coefficient (Wildman–Crippen LogP) is 2.80. The summed E-state index contributed by atoms with van der Waals surface area (Å²) in [6, 6.07) is 2.59. The lowest BCUT2D eigenvalue weighted by Crippen LogP contribution is -1.97. The smallest absolute Gasteiger partial charge is 0.166 e. The second-order valence-electron chi connectivity index (χ2n) is 2.52. The number of ether oxygens (including phenoxy) is 1. The summed E-state index contributed by atoms with van der Waals surface area (Å²) in [5.41, 5.74) is 0.415. The Hall–Kier alpha value is -0.900. The molecule has 1 rings (SSSR count). The van der Waals surface area contributed by atoms with E-state index in [1.165, 1.54) is 26.2 Å². The minimum atomic E-state index is -0.487. The van der Waals surface area contributed by atoms with E-state index in [9.17, 15) is 9.18 Å². The molecule has 0 N–H and O–H groups in total. The summed E-state index contributed by atoms with van der Waals surface area (Å²) >= 11 is 3.09. The van der Waals surface area contributed by atoms with Gasteiger partial charge in [-0.25, -0.2) is 4.39 Å². The molecule has 0 amide bonds. The van der Waals surface area contributed by atoms with E-state index in [0.29, 0.717) is 10.0 Å². The van der Waals surface area contributed by atoms with Gasteiger partial charge in [-0.3, -0.25) is 4.79 Å². The second-order valence-corrected chi connectivity index (χ2v) is 3.38. The zero-order valence-electron chi connectivity index (χ0n) is 7.23. The van der Waals surface area contributed by atoms with Crippen molar-refractivity contribution in [3.63, 3.8) is 0 Å². The first-order valence-corrected chi connectivity index (χ1v) is 4.39. The molecule has 0 bridgehead atoms. The molecular weight excluding hydrogens is 239 g/mol. The molecule has 0 spiro atoms. The number of rotatable bonds is 2. The number of halogens is 2. The summed E-state index contributed by atoms with van der Waals surface area (Å²) in [4.78, 5) is 11.0. The van der Waals surface area contributed by atoms with Crippen molar-refractivity contribution in [3.05, 3.63) is 28.0 Å². The number of benzene rings is 1. The molecule has 2 nitrogen and oxygen atoms in total. The highest BCUT2D eigenvalue weighted by atomic mass is 79.9. The monoisotopic (exact) mass is 246 g/mol. The van der Waals surface area contributed by atoms with Gasteiger partial charge >= 0.3 is 0 Å². The van der Waals surface area contributed by atoms with Crippen molar-refractivity contribution >= 4 is 21.7 Å². The second kappa shape index (κ2) is 3.87. The van der Waals surface area contributed by atoms with Crippen LogP contribution < -0.4 is 4.74 Å². The average Bonchev–Trinajstić information content (AvgIpc) is 2.03. The molecule has 0 heterocycles. The average molecular weight is 247 g/mol. The van der Waals surface area contributed by atoms with Crippen molar-refractivity contribution in [3.8, 4) is 5.75 Å². The SMILES string of the molecule is COc1cc(C(C)=O)c(Br)cc1F. The minimum Gasteiger partial charge on any atom is -0.494 e. The summed E-state index contributed by atoms with van der Waals surface area (Å²) < 4.78 is 18.2. The maximum absolute atomic E-state index is 13.0. The molecule has 0 aliphatic carbocycles. The van der Waals surface area contributed by atoms with Crippen molar-refractivity contribution in [2.24, 2.45) is 0 Å². The lowest BCUT2D eigenvalue weighted by Gasteiger charge is -2.05. The third-order valence-corrected chi connectivity index (χ3v) is 2.28. The van der Waals surface area contributed by atoms with Gasteiger partial charge in [0, 0.05) is 10.0 Å². The van der Waals surface area contributed by atoms with Gasteiger partial charge in [-0.15, -0.1) is 0 Å². The van der Waals surface area contributed by atoms with Crippen LogP contribution in [0.1, 0.15) is 17.3 Å². The lowest BCUT2D eigenvalue weighted by molar-refractivity contribution is 0.101. The van der Waals surface area contributed by atoms with Gasteiger partial charge in [-0.1, -0.05) is 0 Å². The van der Waals surface area contributed by atoms with Crippen LogP contribution in [0.5, 0.6) is 5.75 Å². The molecule has 0 unspecified atom stereocenters. The summed E-state index contributed by atoms with van der Waals surface area (Å²) in [5.74, 6) is -0.544. The Morgan fingerprint density at radius 2 is 2.15 bits per heavy atom. The number of hydrogen-bond donors (Lipinski definition) is 0. The fourth-order valence-corrected chi connectivity index (χ4v) is 1.55. The van der Waals surface area contributed by atoms with Gasteiger partial charge in [0.15, 0.2) is 17.3 Å². The highest BCUT2D eigenvalue weighted by Crippen LogP contribution is 2.26. The molecule has 0 atom stereocenters. The van der Waals surface area contributed by atoms with Crippen LogP contribution in [0, 0.1) is 5.82 Å². The van der Waals surface area contributed by atoms with Gasteiger partial charge in [0.25, 0.3) is 0 Å². The van der Waals surface area contributed by atoms with E-state index in [0.717, 1.165) is 0 Å². The van der Waals surface area contributed by atoms with Crippen molar-refractivity contribution in [1.82, 2.24) is 0 Å². The molecule has 0 radical (unpaired) electrons. The van der Waals surface area contributed by atoms with Crippen molar-refractivity contribution in [1.29, 1.82) is 0 Å². The van der Waals surface area contributed by atoms with E-state index in [-0.39, 0.29) is 11.5 Å². The summed E-state index contributed by atoms with van der Waals surface area (Å²) in [6.45, 7) is 1.41. The van der Waals surface area contributed by atoms with E-state index >= 15 is 0 Å². The maximum Gasteiger partial charge on any atom is 0.166 e. The zero-order chi connectivity index (χ0) is 10.0. The van der Waals surface area contributed by atoms with Crippen LogP contribution in [0.4, 0.5) is 4.39 Å². The molecule has 0 aliphatic heterocycles. The Labute approximate surface area is 83.8 Å². The van der Waals surface area contributed by atoms with Gasteiger partial charge in [0.1, 0.15) is 0 Å². The highest BCUT2D eigenvalue weighted by molar-refractivity contribution is 9.10. The summed E-state index contributed by atoms with van der Waals surface area (Å²) in [7, 11) is 1.36. The van der Waals surface area contributed by atoms with Crippen LogP contribution >= 0.6 is 15.9 Å². The normalized spacial score (nSPS) is 9.85. The van der Waals surface area contributed by atoms with Crippen LogP contribution in [0.25, 0.3) is 0 Å². The minimum absolute atomic E-state index is 0.0772. The standard InChI is InChI=1S/C9H8BrFO2/c1-5(12)6-3-9(13-2)8(11)4-7(6)10/h3-4H,1-2H3. The Morgan fingerprint density at radius 1 is 1.54 bits per heavy atom. The molecule has 0 saturated carbocycles. The van der Waals surface area contributed by atoms with E-state index in [1.54, 1.807) is 0 Å². The number of methoxy groups -OCH3 is 1. The van der Waals surface area contributed by atoms with E-state index in [1.807, 2.05) is 0 Å². The van der Waals surface area contributed by atoms with Gasteiger partial charge < -0.3 is 4.74 Å². The maximum atomic E-state index is 13.0. The fraction of sp³-hybridized carbons (Fsp3) is 0.222. The van der Waals surface area contributed by atoms with Gasteiger partial charge in [0.05, 0.1) is 7.11 Å². The molecule has 4 heteroatoms. The first kappa shape index (κ1) is 10.2. The van der Waals surface area contributed by atoms with Crippen molar-refractivity contribution in [2.45, 2.75) is 6.92 Å². The first-order chi connectivity index (χ1) is 6.06. The number of hydrogen-bond acceptors (Lipinski definition) is 2. The lowest BCUT2D eigenvalue weighted by atomic mass is 10.1. The molecule has 1 aromatic rings. The van der Waals surface area contributed by atoms with E-state index < -0.39 is 5.82 Å². The van der Waals surface area contributed by atoms with Crippen molar-refractivity contribution < 1.29 is 13.9 Å². The zero-order valence-corrected chi connectivity index (χ0v) is 8.81. The number of Topliss-reactive ketones (excluding diaryl/α,β-unsaturated/α-hetero) is 1. The summed E-state index contributed by atoms with van der Waals surface area (Å²) in [5, 5.41) is 0. The van der Waals surface area contributed by atoms with E-state index in [2.05, 4.69) is 15.9 Å². The molecular formula is C9H8BrFO2. The predicted molar refractivity (Wildman–Crippen MR) is 50.7 cm³/mol. The van der Waals surface area contributed by atoms with Gasteiger partial charge in [0.2, 0.25) is 0 Å². The molecule has 0 fully saturated rings. The molecule has 13 heavy (non-hydrogen) atoms. The summed E-state index contributed by atoms with van der Waals surface area (Å²) in [6.07, 6.45) is 0. The quantitative estimate of drug-likeness (QED) is 0.751. The third kappa shape index (κ3) is 2.06. The molecule has 0 aliphatic rings. The van der Waals surface area contributed by atoms with Crippen molar-refractivity contribution in [2.75, 3.05) is 7.11 Å². The molecule has 70 valence electrons. The Bertz CT molecular complexity index is 350. The Morgan fingerprint density at radius 3 is 2.62 bits per heavy atom. The topological polar surface area (TPSA) is 26.3 Å². The van der Waals surface area contributed by atoms with Gasteiger partial charge in [-0.05, 0) is 35.0 Å². The van der Waals surface area contributed by atoms with Crippen LogP contribution in [0.15, 0.2) is 16.6 Å². The Kier molecular flexibility index (Phi) is 3.03. The largest absolute Gasteiger partial charge is 0.494 e. The first-order valence-electron chi connectivity index (χ1n) is 3.60. The molecule has 0 aromatic heterocycles. The van der Waals surface area contributed by atoms with Crippen LogP contribution in [0.3, 0.4) is 0 Å². The van der Waals surface area contributed by atoms with Crippen LogP contribution in [-0.4, -0.2) is 12.9 Å². The van der Waals surface area contributed by atoms with E-state index in [4.69, 9.17) is 4.74 Å². The Balaban J connectivity index is 3.30. The molecule has 0 saturated heterocycles. The number of ketones is 1. The van der Waals surface area contributed by atoms with Crippen LogP contribution in [-0.2, 0) is 0 Å². The molecule has 1 aromatic carbocycles. The number of carbonyl (C=O) groups is 1.